The summed E-state index contributed by atoms with van der Waals surface area (Å²) in [6.45, 7) is 20.1. The standard InChI is InChI=1S/C74H86N4O4S4/c1-9-17-27-47(13-5)43-75-67(57-35-25-41-83-57)63-65(73(75)81)69(77(71(63)79)45-49(15-7)29-19-11-3)59-39-37-55(85-59)61-51-31-21-23-33-53(51)62(54-34-24-22-32-52(54)61)56-38-40-60(86-56)70-66-64(72(80)78(70)46-50(16-8)30-20-12-4)68(58-36-26-42-84-58)76(74(66)82)44-48(14-6)28-18-10-2/h21-26,31-42,47-50H,9-20,27-30,43-46H2,1-8H3. The third kappa shape index (κ3) is 11.5. The van der Waals surface area contributed by atoms with E-state index in [2.05, 4.69) is 151 Å². The molecule has 8 nitrogen and oxygen atoms in total. The first-order valence-corrected chi connectivity index (χ1v) is 35.9. The molecule has 11 rings (SSSR count). The molecular formula is C74H86N4O4S4. The van der Waals surface area contributed by atoms with Crippen molar-refractivity contribution in [2.75, 3.05) is 26.2 Å². The second-order valence-corrected chi connectivity index (χ2v) is 28.4. The van der Waals surface area contributed by atoms with Crippen LogP contribution in [0.4, 0.5) is 0 Å². The van der Waals surface area contributed by atoms with Gasteiger partial charge >= 0.3 is 0 Å². The highest BCUT2D eigenvalue weighted by atomic mass is 32.1. The van der Waals surface area contributed by atoms with Gasteiger partial charge in [-0.15, -0.1) is 45.3 Å². The lowest BCUT2D eigenvalue weighted by Gasteiger charge is -2.29. The van der Waals surface area contributed by atoms with Crippen LogP contribution in [0.15, 0.2) is 130 Å². The topological polar surface area (TPSA) is 81.2 Å². The van der Waals surface area contributed by atoms with Crippen LogP contribution in [0, 0.1) is 23.7 Å². The molecule has 0 bridgehead atoms. The number of thiophene rings is 4. The molecule has 4 unspecified atom stereocenters. The van der Waals surface area contributed by atoms with Gasteiger partial charge in [-0.2, -0.15) is 0 Å². The zero-order valence-electron chi connectivity index (χ0n) is 51.9. The molecule has 0 saturated heterocycles. The van der Waals surface area contributed by atoms with Gasteiger partial charge in [0.2, 0.25) is 0 Å². The van der Waals surface area contributed by atoms with Crippen molar-refractivity contribution in [2.24, 2.45) is 23.7 Å². The van der Waals surface area contributed by atoms with E-state index < -0.39 is 0 Å². The molecule has 450 valence electrons. The summed E-state index contributed by atoms with van der Waals surface area (Å²) in [6.07, 6.45) is 16.7. The molecule has 4 aliphatic heterocycles. The van der Waals surface area contributed by atoms with Crippen molar-refractivity contribution in [3.63, 3.8) is 0 Å². The molecule has 0 N–H and O–H groups in total. The Morgan fingerprint density at radius 1 is 0.326 bits per heavy atom. The number of carbonyl (C=O) groups is 4. The summed E-state index contributed by atoms with van der Waals surface area (Å²) in [5.74, 6) is 0.996. The zero-order chi connectivity index (χ0) is 60.2. The predicted octanol–water partition coefficient (Wildman–Crippen LogP) is 20.1. The molecule has 4 aliphatic rings. The largest absolute Gasteiger partial charge is 0.306 e. The Hall–Kier alpha value is -6.18. The lowest BCUT2D eigenvalue weighted by atomic mass is 9.90. The van der Waals surface area contributed by atoms with Crippen LogP contribution in [0.1, 0.15) is 178 Å². The molecule has 0 aliphatic carbocycles. The molecule has 4 amide bonds. The average molecular weight is 1220 g/mol. The quantitative estimate of drug-likeness (QED) is 0.0420. The van der Waals surface area contributed by atoms with Crippen LogP contribution in [0.3, 0.4) is 0 Å². The highest BCUT2D eigenvalue weighted by Crippen LogP contribution is 2.54. The Morgan fingerprint density at radius 2 is 0.593 bits per heavy atom. The van der Waals surface area contributed by atoms with E-state index in [9.17, 15) is 0 Å². The van der Waals surface area contributed by atoms with Crippen LogP contribution in [0.2, 0.25) is 0 Å². The second-order valence-electron chi connectivity index (χ2n) is 24.3. The minimum Gasteiger partial charge on any atom is -0.306 e. The maximum absolute atomic E-state index is 15.5. The van der Waals surface area contributed by atoms with Gasteiger partial charge < -0.3 is 19.6 Å². The molecule has 0 radical (unpaired) electrons. The van der Waals surface area contributed by atoms with E-state index in [0.717, 1.165) is 187 Å². The fourth-order valence-corrected chi connectivity index (χ4v) is 17.8. The van der Waals surface area contributed by atoms with Crippen LogP contribution in [0.5, 0.6) is 0 Å². The van der Waals surface area contributed by atoms with Gasteiger partial charge in [-0.25, -0.2) is 0 Å². The molecule has 4 atom stereocenters. The number of amides is 4. The van der Waals surface area contributed by atoms with Crippen molar-refractivity contribution >= 4 is 113 Å². The predicted molar refractivity (Wildman–Crippen MR) is 364 cm³/mol. The fourth-order valence-electron chi connectivity index (χ4n) is 13.9. The highest BCUT2D eigenvalue weighted by molar-refractivity contribution is 7.17. The third-order valence-electron chi connectivity index (χ3n) is 18.9. The smallest absolute Gasteiger partial charge is 0.261 e. The van der Waals surface area contributed by atoms with Crippen molar-refractivity contribution in [3.05, 3.63) is 150 Å². The minimum absolute atomic E-state index is 0.0583. The number of rotatable bonds is 30. The first-order chi connectivity index (χ1) is 42.0. The highest BCUT2D eigenvalue weighted by Gasteiger charge is 2.52. The maximum atomic E-state index is 15.5. The van der Waals surface area contributed by atoms with E-state index >= 15 is 19.2 Å². The van der Waals surface area contributed by atoms with E-state index in [0.29, 0.717) is 72.1 Å². The molecule has 0 saturated carbocycles. The summed E-state index contributed by atoms with van der Waals surface area (Å²) in [5.41, 5.74) is 7.55. The summed E-state index contributed by atoms with van der Waals surface area (Å²) in [7, 11) is 0. The third-order valence-corrected chi connectivity index (χ3v) is 22.9. The SMILES string of the molecule is CCCCC(CC)CN1C(=O)C2=C(c3ccc(-c4c5ccccc5c(-c5ccc(C6=C7C(=O)N(CC(CC)CCCC)C(c8cccs8)=C7C(=O)N6CC(CC)CCCC)s5)c5ccccc45)s3)N(CC(CC)CCCC)C(=O)C2=C1c1cccs1. The molecule has 12 heteroatoms. The number of hydrogen-bond donors (Lipinski definition) is 0. The van der Waals surface area contributed by atoms with Crippen LogP contribution < -0.4 is 0 Å². The van der Waals surface area contributed by atoms with E-state index in [1.807, 2.05) is 31.7 Å². The van der Waals surface area contributed by atoms with E-state index in [-0.39, 0.29) is 23.6 Å². The Bertz CT molecular complexity index is 3460. The van der Waals surface area contributed by atoms with Gasteiger partial charge in [0.25, 0.3) is 23.6 Å². The molecule has 0 fully saturated rings. The van der Waals surface area contributed by atoms with Crippen LogP contribution in [-0.2, 0) is 19.2 Å². The van der Waals surface area contributed by atoms with Crippen molar-refractivity contribution in [1.29, 1.82) is 0 Å². The van der Waals surface area contributed by atoms with E-state index in [4.69, 9.17) is 0 Å². The first-order valence-electron chi connectivity index (χ1n) is 32.5. The van der Waals surface area contributed by atoms with E-state index in [1.54, 1.807) is 45.3 Å². The van der Waals surface area contributed by atoms with Crippen molar-refractivity contribution in [3.8, 4) is 20.9 Å². The maximum Gasteiger partial charge on any atom is 0.261 e. The van der Waals surface area contributed by atoms with Crippen molar-refractivity contribution in [2.45, 2.75) is 158 Å². The zero-order valence-corrected chi connectivity index (χ0v) is 55.2. The number of fused-ring (bicyclic) bond motifs is 4. The number of benzene rings is 3. The van der Waals surface area contributed by atoms with Gasteiger partial charge in [0.1, 0.15) is 0 Å². The normalized spacial score (nSPS) is 16.9. The average Bonchev–Trinajstić information content (AvgIpc) is 1.61. The molecule has 0 spiro atoms. The Labute approximate surface area is 527 Å². The second kappa shape index (κ2) is 27.5. The van der Waals surface area contributed by atoms with Gasteiger partial charge in [-0.3, -0.25) is 19.2 Å². The summed E-state index contributed by atoms with van der Waals surface area (Å²) >= 11 is 6.57. The lowest BCUT2D eigenvalue weighted by Crippen LogP contribution is -2.34. The lowest BCUT2D eigenvalue weighted by molar-refractivity contribution is -0.124. The minimum atomic E-state index is -0.0583. The van der Waals surface area contributed by atoms with Gasteiger partial charge in [0, 0.05) is 47.1 Å². The number of carbonyl (C=O) groups excluding carboxylic acids is 4. The first kappa shape index (κ1) is 61.5. The van der Waals surface area contributed by atoms with Crippen molar-refractivity contribution in [1.82, 2.24) is 19.6 Å². The van der Waals surface area contributed by atoms with Crippen molar-refractivity contribution < 1.29 is 19.2 Å². The van der Waals surface area contributed by atoms with Crippen LogP contribution >= 0.6 is 45.3 Å². The number of nitrogens with zero attached hydrogens (tertiary/aromatic N) is 4. The molecule has 86 heavy (non-hydrogen) atoms. The van der Waals surface area contributed by atoms with Crippen LogP contribution in [-0.4, -0.2) is 69.4 Å². The molecule has 3 aromatic carbocycles. The van der Waals surface area contributed by atoms with Gasteiger partial charge in [0.05, 0.1) is 64.6 Å². The van der Waals surface area contributed by atoms with Gasteiger partial charge in [0.15, 0.2) is 0 Å². The Balaban J connectivity index is 1.05. The number of unbranched alkanes of at least 4 members (excludes halogenated alkanes) is 4. The van der Waals surface area contributed by atoms with E-state index in [1.165, 1.54) is 0 Å². The molecular weight excluding hydrogens is 1140 g/mol. The Morgan fingerprint density at radius 3 is 0.837 bits per heavy atom. The van der Waals surface area contributed by atoms with Crippen LogP contribution in [0.25, 0.3) is 65.2 Å². The summed E-state index contributed by atoms with van der Waals surface area (Å²) in [4.78, 5) is 75.8. The fraction of sp³-hybridized carbons (Fsp3) is 0.432. The van der Waals surface area contributed by atoms with Gasteiger partial charge in [-0.05, 0) is 118 Å². The summed E-state index contributed by atoms with van der Waals surface area (Å²) in [6, 6.07) is 34.4. The molecule has 4 aromatic heterocycles. The number of hydrogen-bond acceptors (Lipinski definition) is 8. The van der Waals surface area contributed by atoms with Gasteiger partial charge in [-0.1, -0.05) is 193 Å². The molecule has 8 heterocycles. The Kier molecular flexibility index (Phi) is 19.6. The monoisotopic (exact) mass is 1220 g/mol. The molecule has 7 aromatic rings. The summed E-state index contributed by atoms with van der Waals surface area (Å²) in [5, 5.41) is 8.54. The summed E-state index contributed by atoms with van der Waals surface area (Å²) < 4.78 is 0.